The zero-order valence-electron chi connectivity index (χ0n) is 14.2. The van der Waals surface area contributed by atoms with Crippen LogP contribution in [-0.2, 0) is 4.79 Å². The van der Waals surface area contributed by atoms with Crippen LogP contribution in [0, 0.1) is 10.1 Å². The van der Waals surface area contributed by atoms with Crippen molar-refractivity contribution < 1.29 is 9.72 Å². The van der Waals surface area contributed by atoms with Crippen LogP contribution in [-0.4, -0.2) is 27.4 Å². The molecule has 0 N–H and O–H groups in total. The number of nitro groups is 1. The van der Waals surface area contributed by atoms with Crippen LogP contribution in [0.3, 0.4) is 0 Å². The molecule has 1 aliphatic rings. The smallest absolute Gasteiger partial charge is 0.269 e. The number of aliphatic imine (C=N–C) groups is 1. The number of carbonyl (C=O) groups is 1. The Labute approximate surface area is 155 Å². The molecule has 3 rings (SSSR count). The predicted octanol–water partition coefficient (Wildman–Crippen LogP) is 4.61. The summed E-state index contributed by atoms with van der Waals surface area (Å²) in [6, 6.07) is 15.6. The van der Waals surface area contributed by atoms with Crippen molar-refractivity contribution in [3.8, 4) is 0 Å². The number of thioether (sulfide) groups is 1. The lowest BCUT2D eigenvalue weighted by Crippen LogP contribution is -2.29. The molecule has 0 aliphatic carbocycles. The van der Waals surface area contributed by atoms with E-state index in [0.717, 1.165) is 17.7 Å². The molecule has 0 spiro atoms. The molecule has 1 amide bonds. The van der Waals surface area contributed by atoms with Crippen molar-refractivity contribution in [3.05, 3.63) is 75.2 Å². The summed E-state index contributed by atoms with van der Waals surface area (Å²) in [6.45, 7) is 2.60. The number of hydrogen-bond acceptors (Lipinski definition) is 5. The number of amidine groups is 1. The van der Waals surface area contributed by atoms with Crippen LogP contribution in [0.1, 0.15) is 18.9 Å². The van der Waals surface area contributed by atoms with Crippen LogP contribution in [0.25, 0.3) is 6.08 Å². The molecule has 0 aromatic heterocycles. The number of benzene rings is 2. The molecule has 0 bridgehead atoms. The van der Waals surface area contributed by atoms with Gasteiger partial charge in [-0.3, -0.25) is 19.8 Å². The second-order valence-corrected chi connectivity index (χ2v) is 6.66. The topological polar surface area (TPSA) is 75.8 Å². The number of non-ortho nitro benzene ring substituents is 1. The summed E-state index contributed by atoms with van der Waals surface area (Å²) >= 11 is 1.32. The van der Waals surface area contributed by atoms with Crippen molar-refractivity contribution in [2.75, 3.05) is 6.54 Å². The first kappa shape index (κ1) is 17.9. The molecule has 0 radical (unpaired) electrons. The van der Waals surface area contributed by atoms with Crippen LogP contribution < -0.4 is 0 Å². The zero-order valence-corrected chi connectivity index (χ0v) is 15.0. The summed E-state index contributed by atoms with van der Waals surface area (Å²) < 4.78 is 0. The highest BCUT2D eigenvalue weighted by molar-refractivity contribution is 8.18. The van der Waals surface area contributed by atoms with Gasteiger partial charge in [-0.15, -0.1) is 0 Å². The lowest BCUT2D eigenvalue weighted by atomic mass is 10.2. The third-order valence-electron chi connectivity index (χ3n) is 3.72. The largest absolute Gasteiger partial charge is 0.286 e. The Balaban J connectivity index is 1.90. The normalized spacial score (nSPS) is 17.3. The molecular weight excluding hydrogens is 350 g/mol. The van der Waals surface area contributed by atoms with E-state index in [-0.39, 0.29) is 11.6 Å². The Hall–Kier alpha value is -2.93. The number of carbonyl (C=O) groups excluding carboxylic acids is 1. The van der Waals surface area contributed by atoms with Gasteiger partial charge in [-0.2, -0.15) is 0 Å². The molecule has 132 valence electrons. The molecule has 26 heavy (non-hydrogen) atoms. The van der Waals surface area contributed by atoms with Gasteiger partial charge in [-0.25, -0.2) is 4.99 Å². The first-order chi connectivity index (χ1) is 12.6. The molecule has 7 heteroatoms. The Morgan fingerprint density at radius 3 is 2.46 bits per heavy atom. The van der Waals surface area contributed by atoms with Crippen molar-refractivity contribution in [2.24, 2.45) is 4.99 Å². The number of amides is 1. The van der Waals surface area contributed by atoms with E-state index in [1.165, 1.54) is 23.9 Å². The minimum Gasteiger partial charge on any atom is -0.286 e. The first-order valence-corrected chi connectivity index (χ1v) is 8.99. The fourth-order valence-electron chi connectivity index (χ4n) is 2.47. The fourth-order valence-corrected chi connectivity index (χ4v) is 3.49. The third kappa shape index (κ3) is 4.00. The van der Waals surface area contributed by atoms with Crippen molar-refractivity contribution in [1.82, 2.24) is 4.90 Å². The van der Waals surface area contributed by atoms with Crippen molar-refractivity contribution in [3.63, 3.8) is 0 Å². The van der Waals surface area contributed by atoms with Gasteiger partial charge in [0.15, 0.2) is 5.17 Å². The molecule has 2 aromatic rings. The van der Waals surface area contributed by atoms with Crippen LogP contribution in [0.2, 0.25) is 0 Å². The lowest BCUT2D eigenvalue weighted by Gasteiger charge is -2.13. The molecule has 6 nitrogen and oxygen atoms in total. The summed E-state index contributed by atoms with van der Waals surface area (Å²) in [4.78, 5) is 29.9. The minimum atomic E-state index is -0.444. The molecular formula is C19H17N3O3S. The van der Waals surface area contributed by atoms with Gasteiger partial charge in [-0.1, -0.05) is 25.1 Å². The maximum atomic E-state index is 12.7. The fraction of sp³-hybridized carbons (Fsp3) is 0.158. The highest BCUT2D eigenvalue weighted by Crippen LogP contribution is 2.34. The zero-order chi connectivity index (χ0) is 18.5. The quantitative estimate of drug-likeness (QED) is 0.439. The van der Waals surface area contributed by atoms with E-state index in [9.17, 15) is 14.9 Å². The Morgan fingerprint density at radius 2 is 1.85 bits per heavy atom. The Bertz CT molecular complexity index is 877. The van der Waals surface area contributed by atoms with Gasteiger partial charge in [-0.05, 0) is 54.1 Å². The van der Waals surface area contributed by atoms with Gasteiger partial charge in [0.1, 0.15) is 0 Å². The molecule has 0 unspecified atom stereocenters. The molecule has 1 saturated heterocycles. The standard InChI is InChI=1S/C19H17N3O3S/c1-2-12-21-18(23)17(13-14-8-10-16(11-9-14)22(24)25)26-19(21)20-15-6-4-3-5-7-15/h3-11,13H,2,12H2,1H3/b17-13+,20-19?. The monoisotopic (exact) mass is 367 g/mol. The number of hydrogen-bond donors (Lipinski definition) is 0. The average Bonchev–Trinajstić information content (AvgIpc) is 2.92. The van der Waals surface area contributed by atoms with Crippen LogP contribution in [0.5, 0.6) is 0 Å². The van der Waals surface area contributed by atoms with E-state index < -0.39 is 4.92 Å². The maximum Gasteiger partial charge on any atom is 0.269 e. The summed E-state index contributed by atoms with van der Waals surface area (Å²) in [6.07, 6.45) is 2.57. The number of nitro benzene ring substituents is 1. The molecule has 1 fully saturated rings. The SMILES string of the molecule is CCCN1C(=O)/C(=C\c2ccc([N+](=O)[O-])cc2)SC1=Nc1ccccc1. The van der Waals surface area contributed by atoms with E-state index in [1.54, 1.807) is 23.1 Å². The second kappa shape index (κ2) is 7.97. The Morgan fingerprint density at radius 1 is 1.15 bits per heavy atom. The van der Waals surface area contributed by atoms with Gasteiger partial charge in [0.2, 0.25) is 0 Å². The average molecular weight is 367 g/mol. The van der Waals surface area contributed by atoms with Gasteiger partial charge in [0.25, 0.3) is 11.6 Å². The number of nitrogens with zero attached hydrogens (tertiary/aromatic N) is 3. The highest BCUT2D eigenvalue weighted by Gasteiger charge is 2.32. The van der Waals surface area contributed by atoms with Gasteiger partial charge >= 0.3 is 0 Å². The van der Waals surface area contributed by atoms with E-state index in [0.29, 0.717) is 16.6 Å². The third-order valence-corrected chi connectivity index (χ3v) is 4.72. The number of rotatable bonds is 5. The van der Waals surface area contributed by atoms with Crippen molar-refractivity contribution >= 4 is 40.3 Å². The van der Waals surface area contributed by atoms with E-state index in [4.69, 9.17) is 0 Å². The van der Waals surface area contributed by atoms with Crippen LogP contribution in [0.15, 0.2) is 64.5 Å². The minimum absolute atomic E-state index is 0.0245. The lowest BCUT2D eigenvalue weighted by molar-refractivity contribution is -0.384. The first-order valence-electron chi connectivity index (χ1n) is 8.18. The van der Waals surface area contributed by atoms with Gasteiger partial charge in [0, 0.05) is 18.7 Å². The summed E-state index contributed by atoms with van der Waals surface area (Å²) in [5.74, 6) is -0.0927. The molecule has 0 saturated carbocycles. The Kier molecular flexibility index (Phi) is 5.48. The highest BCUT2D eigenvalue weighted by atomic mass is 32.2. The molecule has 2 aromatic carbocycles. The predicted molar refractivity (Wildman–Crippen MR) is 104 cm³/mol. The summed E-state index contributed by atoms with van der Waals surface area (Å²) in [5, 5.41) is 11.4. The van der Waals surface area contributed by atoms with Crippen LogP contribution in [0.4, 0.5) is 11.4 Å². The van der Waals surface area contributed by atoms with Gasteiger partial charge in [0.05, 0.1) is 15.5 Å². The van der Waals surface area contributed by atoms with E-state index >= 15 is 0 Å². The number of para-hydroxylation sites is 1. The summed E-state index contributed by atoms with van der Waals surface area (Å²) in [7, 11) is 0. The summed E-state index contributed by atoms with van der Waals surface area (Å²) in [5.41, 5.74) is 1.56. The molecule has 1 heterocycles. The van der Waals surface area contributed by atoms with Gasteiger partial charge < -0.3 is 0 Å². The second-order valence-electron chi connectivity index (χ2n) is 5.65. The van der Waals surface area contributed by atoms with Crippen molar-refractivity contribution in [1.29, 1.82) is 0 Å². The van der Waals surface area contributed by atoms with Crippen molar-refractivity contribution in [2.45, 2.75) is 13.3 Å². The van der Waals surface area contributed by atoms with E-state index in [2.05, 4.69) is 4.99 Å². The molecule has 0 atom stereocenters. The maximum absolute atomic E-state index is 12.7. The van der Waals surface area contributed by atoms with E-state index in [1.807, 2.05) is 37.3 Å². The molecule has 1 aliphatic heterocycles. The van der Waals surface area contributed by atoms with Crippen LogP contribution >= 0.6 is 11.8 Å².